The number of halogens is 3. The van der Waals surface area contributed by atoms with E-state index in [1.165, 1.54) is 6.92 Å². The molecule has 0 heterocycles. The normalized spacial score (nSPS) is 15.8. The molecule has 0 aliphatic heterocycles. The van der Waals surface area contributed by atoms with Gasteiger partial charge in [-0.05, 0) is 25.7 Å². The van der Waals surface area contributed by atoms with Gasteiger partial charge in [-0.3, -0.25) is 0 Å². The molecular weight excluding hydrogens is 277 g/mol. The lowest BCUT2D eigenvalue weighted by atomic mass is 9.96. The Labute approximate surface area is 113 Å². The highest BCUT2D eigenvalue weighted by molar-refractivity contribution is 7.92. The predicted molar refractivity (Wildman–Crippen MR) is 70.4 cm³/mol. The Bertz CT molecular complexity index is 393. The van der Waals surface area contributed by atoms with Gasteiger partial charge in [0.1, 0.15) is 0 Å². The minimum absolute atomic E-state index is 0.241. The molecule has 0 bridgehead atoms. The topological polar surface area (TPSA) is 34.1 Å². The van der Waals surface area contributed by atoms with Gasteiger partial charge in [-0.25, -0.2) is 8.42 Å². The third-order valence-electron chi connectivity index (χ3n) is 3.25. The highest BCUT2D eigenvalue weighted by atomic mass is 32.2. The van der Waals surface area contributed by atoms with Gasteiger partial charge in [-0.2, -0.15) is 13.2 Å². The summed E-state index contributed by atoms with van der Waals surface area (Å²) in [5.41, 5.74) is 0. The lowest BCUT2D eigenvalue weighted by molar-refractivity contribution is -0.129. The summed E-state index contributed by atoms with van der Waals surface area (Å²) in [6, 6.07) is 0. The van der Waals surface area contributed by atoms with E-state index in [0.29, 0.717) is 19.3 Å². The summed E-state index contributed by atoms with van der Waals surface area (Å²) < 4.78 is 59.5. The van der Waals surface area contributed by atoms with Crippen molar-refractivity contribution >= 4 is 9.84 Å². The molecule has 2 unspecified atom stereocenters. The van der Waals surface area contributed by atoms with Crippen LogP contribution in [-0.4, -0.2) is 25.6 Å². The summed E-state index contributed by atoms with van der Waals surface area (Å²) in [6.07, 6.45) is 1.91. The van der Waals surface area contributed by atoms with Crippen molar-refractivity contribution in [2.24, 2.45) is 5.92 Å². The second kappa shape index (κ2) is 7.78. The van der Waals surface area contributed by atoms with E-state index in [1.54, 1.807) is 0 Å². The summed E-state index contributed by atoms with van der Waals surface area (Å²) in [6.45, 7) is 3.43. The maximum Gasteiger partial charge on any atom is 0.390 e. The van der Waals surface area contributed by atoms with Crippen molar-refractivity contribution in [2.75, 3.05) is 5.75 Å². The number of hydrogen-bond donors (Lipinski definition) is 0. The minimum atomic E-state index is -4.43. The highest BCUT2D eigenvalue weighted by Crippen LogP contribution is 2.23. The van der Waals surface area contributed by atoms with Crippen LogP contribution in [0.4, 0.5) is 13.2 Å². The zero-order valence-corrected chi connectivity index (χ0v) is 12.1. The second-order valence-corrected chi connectivity index (χ2v) is 7.34. The lowest BCUT2D eigenvalue weighted by Gasteiger charge is -2.17. The summed E-state index contributed by atoms with van der Waals surface area (Å²) in [7, 11) is -3.68. The summed E-state index contributed by atoms with van der Waals surface area (Å²) in [5, 5.41) is -0.748. The fraction of sp³-hybridized carbons (Fsp3) is 0.846. The Balaban J connectivity index is 4.32. The molecule has 0 radical (unpaired) electrons. The zero-order valence-electron chi connectivity index (χ0n) is 11.3. The molecular formula is C13H21F3O2S. The number of alkyl halides is 3. The van der Waals surface area contributed by atoms with E-state index < -0.39 is 33.4 Å². The van der Waals surface area contributed by atoms with E-state index in [2.05, 4.69) is 5.92 Å². The summed E-state index contributed by atoms with van der Waals surface area (Å²) in [5.74, 6) is 1.94. The molecule has 0 N–H and O–H groups in total. The Kier molecular flexibility index (Phi) is 7.50. The fourth-order valence-electron chi connectivity index (χ4n) is 1.73. The minimum Gasteiger partial charge on any atom is -0.229 e. The average molecular weight is 298 g/mol. The molecule has 0 fully saturated rings. The first-order valence-corrected chi connectivity index (χ1v) is 8.05. The summed E-state index contributed by atoms with van der Waals surface area (Å²) >= 11 is 0. The second-order valence-electron chi connectivity index (χ2n) is 4.80. The molecule has 0 saturated heterocycles. The molecule has 0 aromatic rings. The maximum atomic E-state index is 12.0. The molecule has 2 atom stereocenters. The molecule has 0 saturated carbocycles. The monoisotopic (exact) mass is 298 g/mol. The van der Waals surface area contributed by atoms with Crippen molar-refractivity contribution in [2.45, 2.75) is 57.4 Å². The first-order valence-electron chi connectivity index (χ1n) is 6.34. The van der Waals surface area contributed by atoms with Crippen LogP contribution in [0.15, 0.2) is 0 Å². The van der Waals surface area contributed by atoms with Crippen LogP contribution in [0.25, 0.3) is 0 Å². The van der Waals surface area contributed by atoms with E-state index in [4.69, 9.17) is 6.42 Å². The van der Waals surface area contributed by atoms with Gasteiger partial charge >= 0.3 is 6.18 Å². The maximum absolute atomic E-state index is 12.0. The van der Waals surface area contributed by atoms with Crippen molar-refractivity contribution in [3.05, 3.63) is 0 Å². The van der Waals surface area contributed by atoms with Crippen LogP contribution >= 0.6 is 0 Å². The van der Waals surface area contributed by atoms with Gasteiger partial charge in [0.2, 0.25) is 0 Å². The first-order chi connectivity index (χ1) is 8.62. The van der Waals surface area contributed by atoms with E-state index in [0.717, 1.165) is 6.42 Å². The fourth-order valence-corrected chi connectivity index (χ4v) is 3.14. The van der Waals surface area contributed by atoms with Crippen LogP contribution in [0.5, 0.6) is 0 Å². The number of rotatable bonds is 8. The van der Waals surface area contributed by atoms with E-state index >= 15 is 0 Å². The lowest BCUT2D eigenvalue weighted by Crippen LogP contribution is -2.25. The zero-order chi connectivity index (χ0) is 15.1. The summed E-state index contributed by atoms with van der Waals surface area (Å²) in [4.78, 5) is 0. The van der Waals surface area contributed by atoms with Gasteiger partial charge in [0, 0.05) is 6.42 Å². The number of sulfone groups is 1. The van der Waals surface area contributed by atoms with Crippen molar-refractivity contribution < 1.29 is 21.6 Å². The van der Waals surface area contributed by atoms with Gasteiger partial charge in [-0.15, -0.1) is 12.3 Å². The first kappa shape index (κ1) is 18.3. The SMILES string of the molecule is C#CCC(CC)CCC(C)S(=O)(=O)CCC(F)(F)F. The Hall–Kier alpha value is -0.700. The molecule has 6 heteroatoms. The van der Waals surface area contributed by atoms with Gasteiger partial charge in [0.25, 0.3) is 0 Å². The van der Waals surface area contributed by atoms with Crippen LogP contribution in [0.2, 0.25) is 0 Å². The molecule has 112 valence electrons. The van der Waals surface area contributed by atoms with E-state index in [-0.39, 0.29) is 5.92 Å². The van der Waals surface area contributed by atoms with Gasteiger partial charge < -0.3 is 0 Å². The van der Waals surface area contributed by atoms with Crippen molar-refractivity contribution in [3.8, 4) is 12.3 Å². The van der Waals surface area contributed by atoms with Crippen LogP contribution in [-0.2, 0) is 9.84 Å². The molecule has 0 aliphatic rings. The third-order valence-corrected chi connectivity index (χ3v) is 5.48. The van der Waals surface area contributed by atoms with Crippen molar-refractivity contribution in [1.82, 2.24) is 0 Å². The van der Waals surface area contributed by atoms with Crippen LogP contribution < -0.4 is 0 Å². The molecule has 0 aromatic carbocycles. The molecule has 0 aliphatic carbocycles. The Morgan fingerprint density at radius 2 is 1.84 bits per heavy atom. The van der Waals surface area contributed by atoms with Gasteiger partial charge in [0.15, 0.2) is 9.84 Å². The molecule has 0 aromatic heterocycles. The Morgan fingerprint density at radius 1 is 1.26 bits per heavy atom. The van der Waals surface area contributed by atoms with Gasteiger partial charge in [0.05, 0.1) is 17.4 Å². The largest absolute Gasteiger partial charge is 0.390 e. The third kappa shape index (κ3) is 8.14. The standard InChI is InChI=1S/C13H21F3O2S/c1-4-6-12(5-2)8-7-11(3)19(17,18)10-9-13(14,15)16/h1,11-12H,5-10H2,2-3H3. The van der Waals surface area contributed by atoms with Crippen LogP contribution in [0.3, 0.4) is 0 Å². The molecule has 19 heavy (non-hydrogen) atoms. The van der Waals surface area contributed by atoms with Crippen molar-refractivity contribution in [1.29, 1.82) is 0 Å². The Morgan fingerprint density at radius 3 is 2.26 bits per heavy atom. The van der Waals surface area contributed by atoms with E-state index in [9.17, 15) is 21.6 Å². The number of hydrogen-bond acceptors (Lipinski definition) is 2. The molecule has 0 spiro atoms. The average Bonchev–Trinajstić information content (AvgIpc) is 2.30. The number of terminal acetylenes is 1. The predicted octanol–water partition coefficient (Wildman–Crippen LogP) is 3.57. The van der Waals surface area contributed by atoms with Crippen LogP contribution in [0, 0.1) is 18.3 Å². The van der Waals surface area contributed by atoms with E-state index in [1.807, 2.05) is 6.92 Å². The quantitative estimate of drug-likeness (QED) is 0.642. The molecule has 0 rings (SSSR count). The van der Waals surface area contributed by atoms with Crippen LogP contribution in [0.1, 0.15) is 46.0 Å². The van der Waals surface area contributed by atoms with Gasteiger partial charge in [-0.1, -0.05) is 13.3 Å². The molecule has 2 nitrogen and oxygen atoms in total. The highest BCUT2D eigenvalue weighted by Gasteiger charge is 2.32. The van der Waals surface area contributed by atoms with Crippen molar-refractivity contribution in [3.63, 3.8) is 0 Å². The smallest absolute Gasteiger partial charge is 0.229 e. The molecule has 0 amide bonds.